The summed E-state index contributed by atoms with van der Waals surface area (Å²) in [6, 6.07) is 4.82. The van der Waals surface area contributed by atoms with Gasteiger partial charge in [0.1, 0.15) is 5.75 Å². The first-order valence-corrected chi connectivity index (χ1v) is 8.22. The Kier molecular flexibility index (Phi) is 4.50. The zero-order valence-corrected chi connectivity index (χ0v) is 13.3. The zero-order chi connectivity index (χ0) is 14.0. The molecule has 2 rings (SSSR count). The van der Waals surface area contributed by atoms with Gasteiger partial charge in [-0.25, -0.2) is 8.42 Å². The van der Waals surface area contributed by atoms with Crippen molar-refractivity contribution < 1.29 is 13.2 Å². The van der Waals surface area contributed by atoms with E-state index in [1.807, 2.05) is 0 Å². The lowest BCUT2D eigenvalue weighted by atomic mass is 10.3. The molecule has 1 aromatic rings. The molecule has 0 amide bonds. The van der Waals surface area contributed by atoms with Crippen molar-refractivity contribution in [3.63, 3.8) is 0 Å². The molecule has 0 aromatic heterocycles. The van der Waals surface area contributed by atoms with E-state index in [0.717, 1.165) is 17.4 Å². The fourth-order valence-electron chi connectivity index (χ4n) is 2.11. The van der Waals surface area contributed by atoms with Crippen LogP contribution in [0.3, 0.4) is 0 Å². The lowest BCUT2D eigenvalue weighted by Crippen LogP contribution is -2.38. The molecule has 1 aliphatic rings. The highest BCUT2D eigenvalue weighted by molar-refractivity contribution is 9.10. The minimum Gasteiger partial charge on any atom is -0.496 e. The van der Waals surface area contributed by atoms with Gasteiger partial charge in [0.05, 0.1) is 16.5 Å². The summed E-state index contributed by atoms with van der Waals surface area (Å²) in [5.74, 6) is 0.513. The van der Waals surface area contributed by atoms with Crippen molar-refractivity contribution in [1.29, 1.82) is 0 Å². The first-order valence-electron chi connectivity index (χ1n) is 5.99. The SMILES string of the molecule is COc1cc(S(=O)(=O)N(C)C2CCNC2)ccc1Br. The third kappa shape index (κ3) is 2.94. The molecule has 1 saturated heterocycles. The number of benzene rings is 1. The maximum absolute atomic E-state index is 12.5. The highest BCUT2D eigenvalue weighted by atomic mass is 79.9. The molecule has 0 radical (unpaired) electrons. The molecule has 1 atom stereocenters. The lowest BCUT2D eigenvalue weighted by Gasteiger charge is -2.23. The molecule has 1 heterocycles. The van der Waals surface area contributed by atoms with Crippen molar-refractivity contribution >= 4 is 26.0 Å². The van der Waals surface area contributed by atoms with E-state index in [2.05, 4.69) is 21.2 Å². The second kappa shape index (κ2) is 5.78. The van der Waals surface area contributed by atoms with Crippen LogP contribution in [0.15, 0.2) is 27.6 Å². The number of nitrogens with zero attached hydrogens (tertiary/aromatic N) is 1. The summed E-state index contributed by atoms with van der Waals surface area (Å²) >= 11 is 3.32. The van der Waals surface area contributed by atoms with Crippen molar-refractivity contribution in [2.24, 2.45) is 0 Å². The summed E-state index contributed by atoms with van der Waals surface area (Å²) < 4.78 is 32.4. The van der Waals surface area contributed by atoms with Gasteiger partial charge in [-0.1, -0.05) is 0 Å². The molecule has 0 spiro atoms. The van der Waals surface area contributed by atoms with Gasteiger partial charge in [-0.3, -0.25) is 0 Å². The Labute approximate surface area is 122 Å². The summed E-state index contributed by atoms with van der Waals surface area (Å²) in [5, 5.41) is 3.17. The van der Waals surface area contributed by atoms with Crippen molar-refractivity contribution in [3.05, 3.63) is 22.7 Å². The van der Waals surface area contributed by atoms with Gasteiger partial charge in [0.15, 0.2) is 0 Å². The average Bonchev–Trinajstić information content (AvgIpc) is 2.91. The molecule has 0 aliphatic carbocycles. The Morgan fingerprint density at radius 1 is 1.47 bits per heavy atom. The standard InChI is InChI=1S/C12H17BrN2O3S/c1-15(9-5-6-14-8-9)19(16,17)10-3-4-11(13)12(7-10)18-2/h3-4,7,9,14H,5-6,8H2,1-2H3. The number of halogens is 1. The molecular formula is C12H17BrN2O3S. The number of likely N-dealkylation sites (N-methyl/N-ethyl adjacent to an activating group) is 1. The number of ether oxygens (including phenoxy) is 1. The Morgan fingerprint density at radius 3 is 2.79 bits per heavy atom. The van der Waals surface area contributed by atoms with E-state index in [1.165, 1.54) is 17.5 Å². The maximum Gasteiger partial charge on any atom is 0.243 e. The minimum absolute atomic E-state index is 0.0136. The van der Waals surface area contributed by atoms with E-state index in [9.17, 15) is 8.42 Å². The van der Waals surface area contributed by atoms with Gasteiger partial charge in [0.2, 0.25) is 10.0 Å². The van der Waals surface area contributed by atoms with Crippen LogP contribution in [0, 0.1) is 0 Å². The van der Waals surface area contributed by atoms with Gasteiger partial charge in [-0.2, -0.15) is 4.31 Å². The predicted molar refractivity (Wildman–Crippen MR) is 76.9 cm³/mol. The Bertz CT molecular complexity index is 556. The van der Waals surface area contributed by atoms with Crippen LogP contribution >= 0.6 is 15.9 Å². The smallest absolute Gasteiger partial charge is 0.243 e. The van der Waals surface area contributed by atoms with Gasteiger partial charge < -0.3 is 10.1 Å². The summed E-state index contributed by atoms with van der Waals surface area (Å²) in [7, 11) is -0.338. The normalized spacial score (nSPS) is 19.9. The summed E-state index contributed by atoms with van der Waals surface area (Å²) in [5.41, 5.74) is 0. The Balaban J connectivity index is 2.33. The van der Waals surface area contributed by atoms with Crippen molar-refractivity contribution in [1.82, 2.24) is 9.62 Å². The van der Waals surface area contributed by atoms with Crippen molar-refractivity contribution in [2.45, 2.75) is 17.4 Å². The molecule has 1 aliphatic heterocycles. The molecule has 1 fully saturated rings. The largest absolute Gasteiger partial charge is 0.496 e. The number of sulfonamides is 1. The highest BCUT2D eigenvalue weighted by Gasteiger charge is 2.30. The second-order valence-corrected chi connectivity index (χ2v) is 7.32. The van der Waals surface area contributed by atoms with Crippen molar-refractivity contribution in [2.75, 3.05) is 27.2 Å². The second-order valence-electron chi connectivity index (χ2n) is 4.46. The molecule has 0 saturated carbocycles. The summed E-state index contributed by atoms with van der Waals surface area (Å²) in [6.07, 6.45) is 0.837. The summed E-state index contributed by atoms with van der Waals surface area (Å²) in [6.45, 7) is 1.55. The van der Waals surface area contributed by atoms with Crippen LogP contribution < -0.4 is 10.1 Å². The van der Waals surface area contributed by atoms with E-state index in [-0.39, 0.29) is 10.9 Å². The topological polar surface area (TPSA) is 58.6 Å². The molecule has 1 aromatic carbocycles. The minimum atomic E-state index is -3.48. The third-order valence-electron chi connectivity index (χ3n) is 3.35. The van der Waals surface area contributed by atoms with E-state index in [1.54, 1.807) is 19.2 Å². The number of methoxy groups -OCH3 is 1. The number of hydrogen-bond donors (Lipinski definition) is 1. The highest BCUT2D eigenvalue weighted by Crippen LogP contribution is 2.29. The molecule has 1 N–H and O–H groups in total. The van der Waals surface area contributed by atoms with E-state index < -0.39 is 10.0 Å². The first kappa shape index (κ1) is 14.8. The van der Waals surface area contributed by atoms with Crippen LogP contribution in [0.4, 0.5) is 0 Å². The summed E-state index contributed by atoms with van der Waals surface area (Å²) in [4.78, 5) is 0.252. The Hall–Kier alpha value is -0.630. The van der Waals surface area contributed by atoms with Crippen LogP contribution in [-0.4, -0.2) is 46.0 Å². The number of rotatable bonds is 4. The lowest BCUT2D eigenvalue weighted by molar-refractivity contribution is 0.386. The maximum atomic E-state index is 12.5. The van der Waals surface area contributed by atoms with Gasteiger partial charge in [-0.15, -0.1) is 0 Å². The van der Waals surface area contributed by atoms with Crippen LogP contribution in [0.1, 0.15) is 6.42 Å². The van der Waals surface area contributed by atoms with Crippen LogP contribution in [0.2, 0.25) is 0 Å². The fourth-order valence-corrected chi connectivity index (χ4v) is 3.92. The van der Waals surface area contributed by atoms with E-state index >= 15 is 0 Å². The first-order chi connectivity index (χ1) is 8.96. The molecule has 106 valence electrons. The van der Waals surface area contributed by atoms with E-state index in [4.69, 9.17) is 4.74 Å². The predicted octanol–water partition coefficient (Wildman–Crippen LogP) is 1.44. The van der Waals surface area contributed by atoms with Gasteiger partial charge in [0.25, 0.3) is 0 Å². The zero-order valence-electron chi connectivity index (χ0n) is 10.9. The molecular weight excluding hydrogens is 332 g/mol. The van der Waals surface area contributed by atoms with Crippen LogP contribution in [-0.2, 0) is 10.0 Å². The quantitative estimate of drug-likeness (QED) is 0.894. The molecule has 7 heteroatoms. The Morgan fingerprint density at radius 2 is 2.21 bits per heavy atom. The van der Waals surface area contributed by atoms with Crippen LogP contribution in [0.25, 0.3) is 0 Å². The molecule has 0 bridgehead atoms. The number of hydrogen-bond acceptors (Lipinski definition) is 4. The molecule has 5 nitrogen and oxygen atoms in total. The van der Waals surface area contributed by atoms with Crippen molar-refractivity contribution in [3.8, 4) is 5.75 Å². The van der Waals surface area contributed by atoms with Crippen LogP contribution in [0.5, 0.6) is 5.75 Å². The van der Waals surface area contributed by atoms with Gasteiger partial charge >= 0.3 is 0 Å². The monoisotopic (exact) mass is 348 g/mol. The molecule has 19 heavy (non-hydrogen) atoms. The van der Waals surface area contributed by atoms with E-state index in [0.29, 0.717) is 12.3 Å². The van der Waals surface area contributed by atoms with Gasteiger partial charge in [0, 0.05) is 25.7 Å². The third-order valence-corrected chi connectivity index (χ3v) is 5.91. The number of nitrogens with one attached hydrogen (secondary N) is 1. The molecule has 1 unspecified atom stereocenters. The average molecular weight is 349 g/mol. The fraction of sp³-hybridized carbons (Fsp3) is 0.500. The van der Waals surface area contributed by atoms with Gasteiger partial charge in [-0.05, 0) is 41.0 Å².